The lowest BCUT2D eigenvalue weighted by atomic mass is 10.0. The smallest absolute Gasteiger partial charge is 0.191 e. The SMILES string of the molecule is CCNC(=NCC1(CCOCC)CC1)NCCSc1ccccc1.I. The van der Waals surface area contributed by atoms with Gasteiger partial charge in [0.25, 0.3) is 0 Å². The largest absolute Gasteiger partial charge is 0.382 e. The zero-order valence-corrected chi connectivity index (χ0v) is 18.6. The van der Waals surface area contributed by atoms with E-state index in [1.54, 1.807) is 0 Å². The van der Waals surface area contributed by atoms with Crippen LogP contribution in [-0.2, 0) is 4.74 Å². The van der Waals surface area contributed by atoms with Gasteiger partial charge in [0.15, 0.2) is 5.96 Å². The Morgan fingerprint density at radius 3 is 2.60 bits per heavy atom. The number of nitrogens with zero attached hydrogens (tertiary/aromatic N) is 1. The molecule has 25 heavy (non-hydrogen) atoms. The second kappa shape index (κ2) is 12.8. The molecule has 0 aromatic heterocycles. The van der Waals surface area contributed by atoms with Gasteiger partial charge in [0.1, 0.15) is 0 Å². The summed E-state index contributed by atoms with van der Waals surface area (Å²) in [5, 5.41) is 6.79. The lowest BCUT2D eigenvalue weighted by Crippen LogP contribution is -2.38. The molecule has 6 heteroatoms. The fraction of sp³-hybridized carbons (Fsp3) is 0.632. The molecule has 2 N–H and O–H groups in total. The van der Waals surface area contributed by atoms with E-state index in [4.69, 9.17) is 9.73 Å². The second-order valence-electron chi connectivity index (χ2n) is 6.23. The van der Waals surface area contributed by atoms with Gasteiger partial charge in [-0.25, -0.2) is 0 Å². The predicted octanol–water partition coefficient (Wildman–Crippen LogP) is 4.16. The Hall–Kier alpha value is -0.470. The van der Waals surface area contributed by atoms with Crippen LogP contribution >= 0.6 is 35.7 Å². The predicted molar refractivity (Wildman–Crippen MR) is 119 cm³/mol. The molecule has 0 bridgehead atoms. The quantitative estimate of drug-likeness (QED) is 0.165. The average Bonchev–Trinajstić information content (AvgIpc) is 3.38. The standard InChI is InChI=1S/C19H31N3OS.HI/c1-3-20-18(21-13-15-24-17-8-6-5-7-9-17)22-16-19(10-11-19)12-14-23-4-2;/h5-9H,3-4,10-16H2,1-2H3,(H2,20,21,22);1H. The Balaban J connectivity index is 0.00000312. The van der Waals surface area contributed by atoms with Crippen LogP contribution in [0.25, 0.3) is 0 Å². The molecular formula is C19H32IN3OS. The fourth-order valence-corrected chi connectivity index (χ4v) is 3.33. The highest BCUT2D eigenvalue weighted by atomic mass is 127. The molecule has 0 heterocycles. The van der Waals surface area contributed by atoms with E-state index in [2.05, 4.69) is 54.8 Å². The minimum absolute atomic E-state index is 0. The number of hydrogen-bond donors (Lipinski definition) is 2. The van der Waals surface area contributed by atoms with E-state index in [9.17, 15) is 0 Å². The molecule has 0 unspecified atom stereocenters. The average molecular weight is 477 g/mol. The first-order valence-corrected chi connectivity index (χ1v) is 10.0. The van der Waals surface area contributed by atoms with E-state index < -0.39 is 0 Å². The molecule has 0 saturated heterocycles. The van der Waals surface area contributed by atoms with Crippen molar-refractivity contribution in [1.82, 2.24) is 10.6 Å². The molecule has 0 spiro atoms. The topological polar surface area (TPSA) is 45.7 Å². The lowest BCUT2D eigenvalue weighted by molar-refractivity contribution is 0.129. The number of benzene rings is 1. The number of ether oxygens (including phenoxy) is 1. The second-order valence-corrected chi connectivity index (χ2v) is 7.40. The van der Waals surface area contributed by atoms with Gasteiger partial charge in [-0.3, -0.25) is 4.99 Å². The Morgan fingerprint density at radius 1 is 1.20 bits per heavy atom. The van der Waals surface area contributed by atoms with Gasteiger partial charge in [0.05, 0.1) is 0 Å². The zero-order chi connectivity index (χ0) is 17.1. The molecule has 1 aromatic rings. The summed E-state index contributed by atoms with van der Waals surface area (Å²) in [6, 6.07) is 10.5. The first-order chi connectivity index (χ1) is 11.8. The third-order valence-electron chi connectivity index (χ3n) is 4.26. The van der Waals surface area contributed by atoms with Crippen molar-refractivity contribution in [3.8, 4) is 0 Å². The minimum Gasteiger partial charge on any atom is -0.382 e. The van der Waals surface area contributed by atoms with E-state index in [0.29, 0.717) is 5.41 Å². The van der Waals surface area contributed by atoms with Gasteiger partial charge in [-0.1, -0.05) is 18.2 Å². The van der Waals surface area contributed by atoms with Crippen LogP contribution in [0.5, 0.6) is 0 Å². The maximum absolute atomic E-state index is 5.50. The van der Waals surface area contributed by atoms with E-state index in [1.807, 2.05) is 11.8 Å². The highest BCUT2D eigenvalue weighted by Crippen LogP contribution is 2.48. The summed E-state index contributed by atoms with van der Waals surface area (Å²) < 4.78 is 5.50. The molecular weight excluding hydrogens is 445 g/mol. The van der Waals surface area contributed by atoms with Gasteiger partial charge >= 0.3 is 0 Å². The lowest BCUT2D eigenvalue weighted by Gasteiger charge is -2.15. The maximum Gasteiger partial charge on any atom is 0.191 e. The van der Waals surface area contributed by atoms with Crippen molar-refractivity contribution in [3.63, 3.8) is 0 Å². The van der Waals surface area contributed by atoms with Crippen molar-refractivity contribution >= 4 is 41.7 Å². The van der Waals surface area contributed by atoms with Crippen molar-refractivity contribution in [2.45, 2.75) is 38.0 Å². The molecule has 0 atom stereocenters. The summed E-state index contributed by atoms with van der Waals surface area (Å²) in [5.41, 5.74) is 0.399. The molecule has 1 saturated carbocycles. The number of guanidine groups is 1. The molecule has 0 aliphatic heterocycles. The third kappa shape index (κ3) is 9.15. The Bertz CT molecular complexity index is 495. The third-order valence-corrected chi connectivity index (χ3v) is 5.27. The molecule has 1 aliphatic rings. The van der Waals surface area contributed by atoms with E-state index in [-0.39, 0.29) is 24.0 Å². The summed E-state index contributed by atoms with van der Waals surface area (Å²) in [4.78, 5) is 6.11. The number of aliphatic imine (C=N–C) groups is 1. The van der Waals surface area contributed by atoms with E-state index in [0.717, 1.165) is 51.0 Å². The van der Waals surface area contributed by atoms with Crippen molar-refractivity contribution in [3.05, 3.63) is 30.3 Å². The number of halogens is 1. The molecule has 4 nitrogen and oxygen atoms in total. The normalized spacial score (nSPS) is 15.4. The zero-order valence-electron chi connectivity index (χ0n) is 15.4. The van der Waals surface area contributed by atoms with Gasteiger partial charge in [-0.2, -0.15) is 0 Å². The highest BCUT2D eigenvalue weighted by Gasteiger charge is 2.41. The Kier molecular flexibility index (Phi) is 11.6. The number of rotatable bonds is 11. The summed E-state index contributed by atoms with van der Waals surface area (Å²) in [6.45, 7) is 8.55. The van der Waals surface area contributed by atoms with Gasteiger partial charge in [0, 0.05) is 43.5 Å². The number of nitrogens with one attached hydrogen (secondary N) is 2. The van der Waals surface area contributed by atoms with Crippen molar-refractivity contribution in [1.29, 1.82) is 0 Å². The summed E-state index contributed by atoms with van der Waals surface area (Å²) in [5.74, 6) is 1.97. The van der Waals surface area contributed by atoms with Crippen molar-refractivity contribution in [2.75, 3.05) is 38.6 Å². The highest BCUT2D eigenvalue weighted by molar-refractivity contribution is 14.0. The molecule has 0 radical (unpaired) electrons. The van der Waals surface area contributed by atoms with Gasteiger partial charge in [-0.05, 0) is 50.7 Å². The van der Waals surface area contributed by atoms with Gasteiger partial charge in [0.2, 0.25) is 0 Å². The molecule has 0 amide bonds. The van der Waals surface area contributed by atoms with Crippen LogP contribution in [0.1, 0.15) is 33.1 Å². The minimum atomic E-state index is 0. The first kappa shape index (κ1) is 22.6. The fourth-order valence-electron chi connectivity index (χ4n) is 2.54. The first-order valence-electron chi connectivity index (χ1n) is 9.06. The van der Waals surface area contributed by atoms with E-state index >= 15 is 0 Å². The Labute approximate surface area is 174 Å². The molecule has 1 aliphatic carbocycles. The van der Waals surface area contributed by atoms with Crippen LogP contribution in [0.2, 0.25) is 0 Å². The molecule has 142 valence electrons. The van der Waals surface area contributed by atoms with Crippen LogP contribution in [0.3, 0.4) is 0 Å². The molecule has 2 rings (SSSR count). The number of hydrogen-bond acceptors (Lipinski definition) is 3. The molecule has 1 aromatic carbocycles. The van der Waals surface area contributed by atoms with Crippen LogP contribution in [0.15, 0.2) is 40.2 Å². The molecule has 1 fully saturated rings. The van der Waals surface area contributed by atoms with Crippen molar-refractivity contribution in [2.24, 2.45) is 10.4 Å². The van der Waals surface area contributed by atoms with Crippen LogP contribution in [0, 0.1) is 5.41 Å². The maximum atomic E-state index is 5.50. The van der Waals surface area contributed by atoms with Crippen LogP contribution in [-0.4, -0.2) is 44.6 Å². The summed E-state index contributed by atoms with van der Waals surface area (Å²) in [7, 11) is 0. The summed E-state index contributed by atoms with van der Waals surface area (Å²) in [6.07, 6.45) is 3.70. The van der Waals surface area contributed by atoms with Gasteiger partial charge in [-0.15, -0.1) is 35.7 Å². The van der Waals surface area contributed by atoms with E-state index in [1.165, 1.54) is 17.7 Å². The van der Waals surface area contributed by atoms with Gasteiger partial charge < -0.3 is 15.4 Å². The Morgan fingerprint density at radius 2 is 1.96 bits per heavy atom. The monoisotopic (exact) mass is 477 g/mol. The van der Waals surface area contributed by atoms with Crippen LogP contribution in [0.4, 0.5) is 0 Å². The number of thioether (sulfide) groups is 1. The van der Waals surface area contributed by atoms with Crippen molar-refractivity contribution < 1.29 is 4.74 Å². The summed E-state index contributed by atoms with van der Waals surface area (Å²) >= 11 is 1.87. The van der Waals surface area contributed by atoms with Crippen LogP contribution < -0.4 is 10.6 Å².